The highest BCUT2D eigenvalue weighted by Crippen LogP contribution is 2.35. The molecule has 0 saturated carbocycles. The van der Waals surface area contributed by atoms with Gasteiger partial charge in [0.05, 0.1) is 15.6 Å². The minimum absolute atomic E-state index is 0.200. The van der Waals surface area contributed by atoms with Crippen molar-refractivity contribution in [2.45, 2.75) is 13.0 Å². The van der Waals surface area contributed by atoms with Gasteiger partial charge in [-0.2, -0.15) is 0 Å². The summed E-state index contributed by atoms with van der Waals surface area (Å²) in [6.07, 6.45) is -0.556. The summed E-state index contributed by atoms with van der Waals surface area (Å²) in [7, 11) is 0. The summed E-state index contributed by atoms with van der Waals surface area (Å²) in [6.45, 7) is 1.68. The van der Waals surface area contributed by atoms with Crippen LogP contribution in [0.3, 0.4) is 0 Å². The predicted molar refractivity (Wildman–Crippen MR) is 76.3 cm³/mol. The van der Waals surface area contributed by atoms with Gasteiger partial charge in [0.1, 0.15) is 17.3 Å². The van der Waals surface area contributed by atoms with Gasteiger partial charge in [-0.05, 0) is 58.7 Å². The highest BCUT2D eigenvalue weighted by Gasteiger charge is 2.09. The zero-order chi connectivity index (χ0) is 14.0. The molecule has 0 aliphatic carbocycles. The molecule has 0 fully saturated rings. The maximum Gasteiger partial charge on any atom is 0.146 e. The van der Waals surface area contributed by atoms with Crippen LogP contribution >= 0.6 is 27.5 Å². The van der Waals surface area contributed by atoms with Crippen molar-refractivity contribution in [2.75, 3.05) is 0 Å². The molecule has 2 rings (SSSR count). The minimum Gasteiger partial charge on any atom is -0.455 e. The molecular weight excluding hydrogens is 335 g/mol. The number of hydrogen-bond donors (Lipinski definition) is 1. The molecule has 2 aromatic carbocycles. The fraction of sp³-hybridized carbons (Fsp3) is 0.143. The highest BCUT2D eigenvalue weighted by molar-refractivity contribution is 9.10. The largest absolute Gasteiger partial charge is 0.455 e. The van der Waals surface area contributed by atoms with Crippen LogP contribution in [0.25, 0.3) is 0 Å². The molecule has 0 aliphatic rings. The maximum atomic E-state index is 12.9. The van der Waals surface area contributed by atoms with Gasteiger partial charge in [0.15, 0.2) is 0 Å². The van der Waals surface area contributed by atoms with E-state index in [0.29, 0.717) is 16.0 Å². The van der Waals surface area contributed by atoms with Crippen molar-refractivity contribution in [2.24, 2.45) is 0 Å². The molecule has 2 nitrogen and oxygen atoms in total. The Morgan fingerprint density at radius 1 is 1.21 bits per heavy atom. The van der Waals surface area contributed by atoms with Crippen LogP contribution in [-0.2, 0) is 0 Å². The van der Waals surface area contributed by atoms with Gasteiger partial charge in [-0.25, -0.2) is 4.39 Å². The van der Waals surface area contributed by atoms with Gasteiger partial charge < -0.3 is 9.84 Å². The van der Waals surface area contributed by atoms with E-state index in [1.165, 1.54) is 18.2 Å². The summed E-state index contributed by atoms with van der Waals surface area (Å²) in [4.78, 5) is 0. The zero-order valence-corrected chi connectivity index (χ0v) is 12.4. The second kappa shape index (κ2) is 5.90. The van der Waals surface area contributed by atoms with Gasteiger partial charge in [0.2, 0.25) is 0 Å². The molecule has 1 atom stereocenters. The quantitative estimate of drug-likeness (QED) is 0.840. The monoisotopic (exact) mass is 344 g/mol. The molecule has 19 heavy (non-hydrogen) atoms. The van der Waals surface area contributed by atoms with Crippen molar-refractivity contribution >= 4 is 27.5 Å². The first kappa shape index (κ1) is 14.3. The van der Waals surface area contributed by atoms with Gasteiger partial charge >= 0.3 is 0 Å². The summed E-state index contributed by atoms with van der Waals surface area (Å²) in [6, 6.07) is 9.16. The molecule has 1 N–H and O–H groups in total. The fourth-order valence-electron chi connectivity index (χ4n) is 1.54. The van der Waals surface area contributed by atoms with E-state index >= 15 is 0 Å². The van der Waals surface area contributed by atoms with E-state index in [0.717, 1.165) is 5.56 Å². The molecular formula is C14H11BrClFO2. The van der Waals surface area contributed by atoms with E-state index in [4.69, 9.17) is 16.3 Å². The molecule has 0 saturated heterocycles. The summed E-state index contributed by atoms with van der Waals surface area (Å²) in [5.41, 5.74) is 0.768. The molecule has 0 radical (unpaired) electrons. The number of aliphatic hydroxyl groups excluding tert-OH is 1. The van der Waals surface area contributed by atoms with Crippen LogP contribution < -0.4 is 4.74 Å². The van der Waals surface area contributed by atoms with E-state index in [1.807, 2.05) is 0 Å². The number of hydrogen-bond acceptors (Lipinski definition) is 2. The average Bonchev–Trinajstić information content (AvgIpc) is 2.34. The topological polar surface area (TPSA) is 29.5 Å². The van der Waals surface area contributed by atoms with E-state index in [2.05, 4.69) is 15.9 Å². The van der Waals surface area contributed by atoms with Crippen LogP contribution in [0.1, 0.15) is 18.6 Å². The maximum absolute atomic E-state index is 12.9. The minimum atomic E-state index is -0.556. The van der Waals surface area contributed by atoms with Crippen LogP contribution in [0.2, 0.25) is 5.02 Å². The van der Waals surface area contributed by atoms with Gasteiger partial charge in [0.25, 0.3) is 0 Å². The lowest BCUT2D eigenvalue weighted by Crippen LogP contribution is -1.93. The van der Waals surface area contributed by atoms with Crippen LogP contribution in [-0.4, -0.2) is 5.11 Å². The third kappa shape index (κ3) is 3.47. The smallest absolute Gasteiger partial charge is 0.146 e. The number of rotatable bonds is 3. The highest BCUT2D eigenvalue weighted by atomic mass is 79.9. The molecule has 0 aromatic heterocycles. The Kier molecular flexibility index (Phi) is 4.45. The number of halogens is 3. The first-order chi connectivity index (χ1) is 8.97. The molecule has 0 spiro atoms. The zero-order valence-electron chi connectivity index (χ0n) is 10.0. The van der Waals surface area contributed by atoms with E-state index < -0.39 is 11.9 Å². The Balaban J connectivity index is 2.28. The molecule has 0 aliphatic heterocycles. The molecule has 2 aromatic rings. The molecule has 5 heteroatoms. The van der Waals surface area contributed by atoms with Gasteiger partial charge in [0, 0.05) is 0 Å². The number of benzene rings is 2. The lowest BCUT2D eigenvalue weighted by atomic mass is 10.1. The van der Waals surface area contributed by atoms with Crippen LogP contribution in [0.4, 0.5) is 4.39 Å². The van der Waals surface area contributed by atoms with Gasteiger partial charge in [-0.3, -0.25) is 0 Å². The Labute approximate surface area is 123 Å². The molecule has 0 heterocycles. The first-order valence-electron chi connectivity index (χ1n) is 5.58. The first-order valence-corrected chi connectivity index (χ1v) is 6.75. The summed E-state index contributed by atoms with van der Waals surface area (Å²) in [5.74, 6) is 0.493. The average molecular weight is 346 g/mol. The molecule has 0 amide bonds. The third-order valence-corrected chi connectivity index (χ3v) is 3.47. The van der Waals surface area contributed by atoms with E-state index in [1.54, 1.807) is 25.1 Å². The normalized spacial score (nSPS) is 12.3. The lowest BCUT2D eigenvalue weighted by molar-refractivity contribution is 0.199. The third-order valence-electron chi connectivity index (χ3n) is 2.55. The Bertz CT molecular complexity index is 602. The van der Waals surface area contributed by atoms with Crippen molar-refractivity contribution in [3.63, 3.8) is 0 Å². The van der Waals surface area contributed by atoms with Crippen LogP contribution in [0.15, 0.2) is 40.9 Å². The Morgan fingerprint density at radius 2 is 1.89 bits per heavy atom. The van der Waals surface area contributed by atoms with Crippen molar-refractivity contribution in [3.8, 4) is 11.5 Å². The molecule has 0 unspecified atom stereocenters. The molecule has 0 bridgehead atoms. The van der Waals surface area contributed by atoms with Crippen LogP contribution in [0.5, 0.6) is 11.5 Å². The predicted octanol–water partition coefficient (Wildman–Crippen LogP) is 5.09. The van der Waals surface area contributed by atoms with Crippen molar-refractivity contribution in [3.05, 3.63) is 57.3 Å². The summed E-state index contributed by atoms with van der Waals surface area (Å²) in [5, 5.41) is 9.68. The van der Waals surface area contributed by atoms with Gasteiger partial charge in [-0.15, -0.1) is 0 Å². The summed E-state index contributed by atoms with van der Waals surface area (Å²) >= 11 is 9.25. The Morgan fingerprint density at radius 3 is 2.47 bits per heavy atom. The van der Waals surface area contributed by atoms with Crippen molar-refractivity contribution in [1.82, 2.24) is 0 Å². The summed E-state index contributed by atoms with van der Waals surface area (Å²) < 4.78 is 19.2. The SMILES string of the molecule is C[C@H](O)c1ccc(Oc2ccc(F)cc2Cl)c(Br)c1. The van der Waals surface area contributed by atoms with E-state index in [9.17, 15) is 9.50 Å². The second-order valence-corrected chi connectivity index (χ2v) is 5.30. The van der Waals surface area contributed by atoms with Crippen molar-refractivity contribution < 1.29 is 14.2 Å². The van der Waals surface area contributed by atoms with Crippen LogP contribution in [0, 0.1) is 5.82 Å². The van der Waals surface area contributed by atoms with Gasteiger partial charge in [-0.1, -0.05) is 17.7 Å². The molecule has 100 valence electrons. The number of ether oxygens (including phenoxy) is 1. The van der Waals surface area contributed by atoms with E-state index in [-0.39, 0.29) is 5.02 Å². The second-order valence-electron chi connectivity index (χ2n) is 4.04. The Hall–Kier alpha value is -1.10. The fourth-order valence-corrected chi connectivity index (χ4v) is 2.22. The van der Waals surface area contributed by atoms with Crippen molar-refractivity contribution in [1.29, 1.82) is 0 Å². The standard InChI is InChI=1S/C14H11BrClFO2/c1-8(18)9-2-4-13(11(15)6-9)19-14-5-3-10(17)7-12(14)16/h2-8,18H,1H3/t8-/m0/s1. The lowest BCUT2D eigenvalue weighted by Gasteiger charge is -2.11. The number of aliphatic hydroxyl groups is 1.